The van der Waals surface area contributed by atoms with Gasteiger partial charge in [0, 0.05) is 35.7 Å². The van der Waals surface area contributed by atoms with Gasteiger partial charge < -0.3 is 10.3 Å². The molecule has 2 aromatic carbocycles. The quantitative estimate of drug-likeness (QED) is 0.464. The molecule has 0 radical (unpaired) electrons. The Morgan fingerprint density at radius 1 is 0.806 bits per heavy atom. The summed E-state index contributed by atoms with van der Waals surface area (Å²) in [6.07, 6.45) is 6.93. The molecule has 2 N–H and O–H groups in total. The monoisotopic (exact) mass is 403 g/mol. The molecule has 5 aromatic rings. The predicted molar refractivity (Wildman–Crippen MR) is 118 cm³/mol. The van der Waals surface area contributed by atoms with Crippen LogP contribution in [-0.4, -0.2) is 25.8 Å². The number of nitrogens with one attached hydrogen (secondary N) is 2. The minimum absolute atomic E-state index is 0.138. The van der Waals surface area contributed by atoms with E-state index in [4.69, 9.17) is 0 Å². The third-order valence-corrected chi connectivity index (χ3v) is 5.74. The zero-order chi connectivity index (χ0) is 20.8. The van der Waals surface area contributed by atoms with Crippen molar-refractivity contribution in [1.82, 2.24) is 25.3 Å². The van der Waals surface area contributed by atoms with Crippen LogP contribution in [0.2, 0.25) is 0 Å². The molecule has 1 aliphatic carbocycles. The lowest BCUT2D eigenvalue weighted by Gasteiger charge is -2.16. The second-order valence-corrected chi connectivity index (χ2v) is 7.43. The first-order chi connectivity index (χ1) is 15.3. The minimum atomic E-state index is -0.260. The van der Waals surface area contributed by atoms with Crippen molar-refractivity contribution in [1.29, 1.82) is 0 Å². The van der Waals surface area contributed by atoms with E-state index in [2.05, 4.69) is 43.5 Å². The molecule has 6 heteroatoms. The summed E-state index contributed by atoms with van der Waals surface area (Å²) < 4.78 is 0. The van der Waals surface area contributed by atoms with Gasteiger partial charge in [0.15, 0.2) is 5.82 Å². The van der Waals surface area contributed by atoms with Crippen LogP contribution < -0.4 is 5.32 Å². The van der Waals surface area contributed by atoms with Gasteiger partial charge in [0.05, 0.1) is 11.6 Å². The van der Waals surface area contributed by atoms with E-state index < -0.39 is 0 Å². The summed E-state index contributed by atoms with van der Waals surface area (Å²) in [5.74, 6) is 0.533. The van der Waals surface area contributed by atoms with Crippen molar-refractivity contribution in [3.63, 3.8) is 0 Å². The smallest absolute Gasteiger partial charge is 0.252 e. The fraction of sp³-hybridized carbons (Fsp3) is 0.0400. The van der Waals surface area contributed by atoms with Crippen LogP contribution in [0, 0.1) is 0 Å². The Kier molecular flexibility index (Phi) is 3.89. The number of amides is 1. The summed E-state index contributed by atoms with van der Waals surface area (Å²) in [6, 6.07) is 19.4. The number of carbonyl (C=O) groups excluding carboxylic acids is 1. The van der Waals surface area contributed by atoms with Crippen molar-refractivity contribution in [2.45, 2.75) is 6.04 Å². The maximum Gasteiger partial charge on any atom is 0.252 e. The Balaban J connectivity index is 1.48. The molecule has 0 saturated heterocycles. The highest BCUT2D eigenvalue weighted by Crippen LogP contribution is 2.47. The van der Waals surface area contributed by atoms with Gasteiger partial charge in [-0.3, -0.25) is 4.79 Å². The molecule has 0 aliphatic heterocycles. The number of H-pyrrole nitrogens is 1. The highest BCUT2D eigenvalue weighted by Gasteiger charge is 2.32. The van der Waals surface area contributed by atoms with Crippen molar-refractivity contribution >= 4 is 16.9 Å². The molecular weight excluding hydrogens is 386 g/mol. The minimum Gasteiger partial charge on any atom is -0.346 e. The van der Waals surface area contributed by atoms with Crippen molar-refractivity contribution < 1.29 is 4.79 Å². The molecule has 0 fully saturated rings. The van der Waals surface area contributed by atoms with Crippen LogP contribution in [0.5, 0.6) is 0 Å². The number of hydrogen-bond acceptors (Lipinski definition) is 4. The third kappa shape index (κ3) is 2.73. The first kappa shape index (κ1) is 17.5. The average molecular weight is 403 g/mol. The molecule has 0 bridgehead atoms. The Hall–Kier alpha value is -4.32. The summed E-state index contributed by atoms with van der Waals surface area (Å²) >= 11 is 0. The normalized spacial score (nSPS) is 14.3. The molecule has 0 spiro atoms. The second kappa shape index (κ2) is 6.88. The van der Waals surface area contributed by atoms with Gasteiger partial charge in [0.25, 0.3) is 5.91 Å². The Morgan fingerprint density at radius 2 is 1.61 bits per heavy atom. The van der Waals surface area contributed by atoms with Crippen LogP contribution in [0.25, 0.3) is 33.5 Å². The van der Waals surface area contributed by atoms with Crippen LogP contribution in [0.15, 0.2) is 85.5 Å². The van der Waals surface area contributed by atoms with E-state index in [1.165, 1.54) is 0 Å². The van der Waals surface area contributed by atoms with Crippen LogP contribution >= 0.6 is 0 Å². The first-order valence-electron chi connectivity index (χ1n) is 10.0. The maximum atomic E-state index is 13.3. The third-order valence-electron chi connectivity index (χ3n) is 5.74. The Labute approximate surface area is 178 Å². The zero-order valence-corrected chi connectivity index (χ0v) is 16.4. The van der Waals surface area contributed by atoms with Gasteiger partial charge in [0.1, 0.15) is 5.65 Å². The SMILES string of the molecule is O=C(NC1c2ccccc2-c2c(-c3ncccn3)cccc21)c1ccnc2[nH]ccc12. The number of aromatic nitrogens is 4. The molecule has 31 heavy (non-hydrogen) atoms. The van der Waals surface area contributed by atoms with Gasteiger partial charge in [-0.1, -0.05) is 42.5 Å². The molecule has 6 nitrogen and oxygen atoms in total. The molecular formula is C25H17N5O. The van der Waals surface area contributed by atoms with E-state index in [0.717, 1.165) is 33.2 Å². The molecule has 3 aromatic heterocycles. The van der Waals surface area contributed by atoms with E-state index >= 15 is 0 Å². The fourth-order valence-electron chi connectivity index (χ4n) is 4.40. The van der Waals surface area contributed by atoms with Gasteiger partial charge in [-0.2, -0.15) is 0 Å². The average Bonchev–Trinajstić information content (AvgIpc) is 3.43. The summed E-state index contributed by atoms with van der Waals surface area (Å²) in [5, 5.41) is 4.05. The van der Waals surface area contributed by atoms with E-state index in [1.807, 2.05) is 30.3 Å². The highest BCUT2D eigenvalue weighted by atomic mass is 16.1. The zero-order valence-electron chi connectivity index (χ0n) is 16.4. The molecule has 3 heterocycles. The summed E-state index contributed by atoms with van der Waals surface area (Å²) in [7, 11) is 0. The lowest BCUT2D eigenvalue weighted by atomic mass is 9.98. The van der Waals surface area contributed by atoms with E-state index in [-0.39, 0.29) is 11.9 Å². The number of carbonyl (C=O) groups is 1. The molecule has 6 rings (SSSR count). The van der Waals surface area contributed by atoms with Crippen LogP contribution in [-0.2, 0) is 0 Å². The first-order valence-corrected chi connectivity index (χ1v) is 10.0. The molecule has 1 atom stereocenters. The number of aromatic amines is 1. The molecule has 1 amide bonds. The van der Waals surface area contributed by atoms with E-state index in [1.54, 1.807) is 36.9 Å². The standard InChI is InChI=1S/C25H17N5O/c31-25(18-10-14-29-23-17(18)9-13-28-23)30-22-16-6-2-1-5-15(16)21-19(22)7-3-8-20(21)24-26-11-4-12-27-24/h1-14,22H,(H,28,29)(H,30,31). The van der Waals surface area contributed by atoms with E-state index in [9.17, 15) is 4.79 Å². The fourth-order valence-corrected chi connectivity index (χ4v) is 4.40. The number of nitrogens with zero attached hydrogens (tertiary/aromatic N) is 3. The summed E-state index contributed by atoms with van der Waals surface area (Å²) in [6.45, 7) is 0. The van der Waals surface area contributed by atoms with Crippen molar-refractivity contribution in [2.24, 2.45) is 0 Å². The Bertz CT molecular complexity index is 1440. The van der Waals surface area contributed by atoms with Gasteiger partial charge in [-0.15, -0.1) is 0 Å². The molecule has 0 saturated carbocycles. The number of pyridine rings is 1. The summed E-state index contributed by atoms with van der Waals surface area (Å²) in [5.41, 5.74) is 6.51. The summed E-state index contributed by atoms with van der Waals surface area (Å²) in [4.78, 5) is 29.6. The second-order valence-electron chi connectivity index (χ2n) is 7.43. The van der Waals surface area contributed by atoms with Gasteiger partial charge in [-0.05, 0) is 40.5 Å². The van der Waals surface area contributed by atoms with Crippen molar-refractivity contribution in [2.75, 3.05) is 0 Å². The topological polar surface area (TPSA) is 83.6 Å². The predicted octanol–water partition coefficient (Wildman–Crippen LogP) is 4.52. The van der Waals surface area contributed by atoms with Gasteiger partial charge in [0.2, 0.25) is 0 Å². The maximum absolute atomic E-state index is 13.3. The van der Waals surface area contributed by atoms with Gasteiger partial charge in [-0.25, -0.2) is 15.0 Å². The van der Waals surface area contributed by atoms with Crippen LogP contribution in [0.1, 0.15) is 27.5 Å². The van der Waals surface area contributed by atoms with Crippen LogP contribution in [0.4, 0.5) is 0 Å². The number of rotatable bonds is 3. The van der Waals surface area contributed by atoms with Crippen LogP contribution in [0.3, 0.4) is 0 Å². The number of fused-ring (bicyclic) bond motifs is 4. The van der Waals surface area contributed by atoms with Gasteiger partial charge >= 0.3 is 0 Å². The Morgan fingerprint density at radius 3 is 2.52 bits per heavy atom. The molecule has 1 unspecified atom stereocenters. The lowest BCUT2D eigenvalue weighted by molar-refractivity contribution is 0.0945. The number of hydrogen-bond donors (Lipinski definition) is 2. The number of benzene rings is 2. The lowest BCUT2D eigenvalue weighted by Crippen LogP contribution is -2.28. The molecule has 1 aliphatic rings. The molecule has 148 valence electrons. The van der Waals surface area contributed by atoms with Crippen molar-refractivity contribution in [3.05, 3.63) is 102 Å². The highest BCUT2D eigenvalue weighted by molar-refractivity contribution is 6.06. The largest absolute Gasteiger partial charge is 0.346 e. The van der Waals surface area contributed by atoms with Crippen molar-refractivity contribution in [3.8, 4) is 22.5 Å². The van der Waals surface area contributed by atoms with E-state index in [0.29, 0.717) is 17.0 Å².